The van der Waals surface area contributed by atoms with Crippen LogP contribution in [0.1, 0.15) is 18.9 Å². The first kappa shape index (κ1) is 15.5. The molecule has 1 fully saturated rings. The monoisotopic (exact) mass is 290 g/mol. The predicted molar refractivity (Wildman–Crippen MR) is 79.8 cm³/mol. The fraction of sp³-hybridized carbons (Fsp3) is 0.500. The molecule has 1 aliphatic rings. The summed E-state index contributed by atoms with van der Waals surface area (Å²) in [6.07, 6.45) is 0.893. The van der Waals surface area contributed by atoms with E-state index < -0.39 is 6.04 Å². The quantitative estimate of drug-likeness (QED) is 0.879. The van der Waals surface area contributed by atoms with E-state index in [9.17, 15) is 9.59 Å². The van der Waals surface area contributed by atoms with Crippen LogP contribution in [-0.4, -0.2) is 49.1 Å². The highest BCUT2D eigenvalue weighted by atomic mass is 16.5. The Morgan fingerprint density at radius 3 is 2.52 bits per heavy atom. The van der Waals surface area contributed by atoms with Crippen molar-refractivity contribution in [2.75, 3.05) is 26.3 Å². The Balaban J connectivity index is 2.07. The highest BCUT2D eigenvalue weighted by molar-refractivity contribution is 5.87. The van der Waals surface area contributed by atoms with Gasteiger partial charge in [0.25, 0.3) is 0 Å². The van der Waals surface area contributed by atoms with Gasteiger partial charge in [-0.3, -0.25) is 9.59 Å². The van der Waals surface area contributed by atoms with Crippen LogP contribution in [0.2, 0.25) is 0 Å². The maximum absolute atomic E-state index is 12.6. The zero-order valence-corrected chi connectivity index (χ0v) is 12.4. The van der Waals surface area contributed by atoms with E-state index in [0.717, 1.165) is 5.56 Å². The molecular weight excluding hydrogens is 268 g/mol. The van der Waals surface area contributed by atoms with Gasteiger partial charge in [0.2, 0.25) is 11.8 Å². The van der Waals surface area contributed by atoms with Crippen molar-refractivity contribution in [2.45, 2.75) is 25.8 Å². The zero-order valence-electron chi connectivity index (χ0n) is 12.4. The summed E-state index contributed by atoms with van der Waals surface area (Å²) in [4.78, 5) is 26.1. The predicted octanol–water partition coefficient (Wildman–Crippen LogP) is 0.983. The molecule has 1 N–H and O–H groups in total. The second-order valence-electron chi connectivity index (χ2n) is 5.10. The number of rotatable bonds is 5. The molecule has 0 aliphatic carbocycles. The number of nitrogens with one attached hydrogen (secondary N) is 1. The molecule has 0 radical (unpaired) electrons. The number of ether oxygens (including phenoxy) is 1. The molecule has 1 aromatic carbocycles. The van der Waals surface area contributed by atoms with E-state index in [1.807, 2.05) is 30.3 Å². The topological polar surface area (TPSA) is 58.6 Å². The lowest BCUT2D eigenvalue weighted by Crippen LogP contribution is -2.52. The molecule has 2 amide bonds. The lowest BCUT2D eigenvalue weighted by molar-refractivity contribution is -0.139. The second kappa shape index (κ2) is 7.78. The lowest BCUT2D eigenvalue weighted by Gasteiger charge is -2.30. The number of carbonyl (C=O) groups excluding carboxylic acids is 2. The fourth-order valence-electron chi connectivity index (χ4n) is 2.35. The first-order valence-electron chi connectivity index (χ1n) is 7.40. The highest BCUT2D eigenvalue weighted by Crippen LogP contribution is 2.08. The molecule has 1 aliphatic heterocycles. The van der Waals surface area contributed by atoms with Crippen molar-refractivity contribution in [2.24, 2.45) is 0 Å². The minimum atomic E-state index is -0.502. The minimum Gasteiger partial charge on any atom is -0.378 e. The van der Waals surface area contributed by atoms with Gasteiger partial charge < -0.3 is 15.0 Å². The van der Waals surface area contributed by atoms with Crippen molar-refractivity contribution in [1.82, 2.24) is 10.2 Å². The molecule has 0 aromatic heterocycles. The van der Waals surface area contributed by atoms with Gasteiger partial charge in [0.15, 0.2) is 0 Å². The third-order valence-electron chi connectivity index (χ3n) is 3.56. The Morgan fingerprint density at radius 2 is 1.90 bits per heavy atom. The van der Waals surface area contributed by atoms with Crippen molar-refractivity contribution in [3.63, 3.8) is 0 Å². The van der Waals surface area contributed by atoms with Crippen LogP contribution in [0.4, 0.5) is 0 Å². The summed E-state index contributed by atoms with van der Waals surface area (Å²) in [6.45, 7) is 4.09. The Labute approximate surface area is 125 Å². The van der Waals surface area contributed by atoms with E-state index in [0.29, 0.717) is 39.1 Å². The lowest BCUT2D eigenvalue weighted by atomic mass is 10.0. The van der Waals surface area contributed by atoms with Crippen LogP contribution in [0.15, 0.2) is 30.3 Å². The van der Waals surface area contributed by atoms with Crippen LogP contribution >= 0.6 is 0 Å². The summed E-state index contributed by atoms with van der Waals surface area (Å²) in [5, 5.41) is 2.84. The third kappa shape index (κ3) is 4.56. The van der Waals surface area contributed by atoms with Crippen molar-refractivity contribution in [3.05, 3.63) is 35.9 Å². The Bertz CT molecular complexity index is 470. The number of carbonyl (C=O) groups is 2. The molecule has 1 atom stereocenters. The van der Waals surface area contributed by atoms with E-state index in [1.54, 1.807) is 11.8 Å². The van der Waals surface area contributed by atoms with Crippen LogP contribution < -0.4 is 5.32 Å². The smallest absolute Gasteiger partial charge is 0.245 e. The normalized spacial score (nSPS) is 16.3. The number of amides is 2. The maximum Gasteiger partial charge on any atom is 0.245 e. The molecule has 114 valence electrons. The average molecular weight is 290 g/mol. The largest absolute Gasteiger partial charge is 0.378 e. The number of benzene rings is 1. The second-order valence-corrected chi connectivity index (χ2v) is 5.10. The molecule has 0 bridgehead atoms. The Kier molecular flexibility index (Phi) is 5.75. The van der Waals surface area contributed by atoms with Gasteiger partial charge in [-0.05, 0) is 5.56 Å². The first-order valence-corrected chi connectivity index (χ1v) is 7.40. The molecule has 0 spiro atoms. The fourth-order valence-corrected chi connectivity index (χ4v) is 2.35. The number of morpholine rings is 1. The molecule has 21 heavy (non-hydrogen) atoms. The van der Waals surface area contributed by atoms with Crippen LogP contribution in [0, 0.1) is 0 Å². The van der Waals surface area contributed by atoms with Crippen molar-refractivity contribution in [1.29, 1.82) is 0 Å². The zero-order chi connectivity index (χ0) is 15.1. The van der Waals surface area contributed by atoms with Crippen molar-refractivity contribution < 1.29 is 14.3 Å². The van der Waals surface area contributed by atoms with Crippen LogP contribution in [0.3, 0.4) is 0 Å². The molecule has 1 aromatic rings. The van der Waals surface area contributed by atoms with Gasteiger partial charge >= 0.3 is 0 Å². The average Bonchev–Trinajstić information content (AvgIpc) is 2.55. The van der Waals surface area contributed by atoms with Crippen molar-refractivity contribution >= 4 is 11.8 Å². The maximum atomic E-state index is 12.6. The highest BCUT2D eigenvalue weighted by Gasteiger charge is 2.26. The van der Waals surface area contributed by atoms with E-state index in [1.165, 1.54) is 0 Å². The van der Waals surface area contributed by atoms with Gasteiger partial charge in [0.05, 0.1) is 13.2 Å². The number of nitrogens with zero attached hydrogens (tertiary/aromatic N) is 1. The van der Waals surface area contributed by atoms with Crippen LogP contribution in [0.25, 0.3) is 0 Å². The van der Waals surface area contributed by atoms with Gasteiger partial charge in [-0.25, -0.2) is 0 Å². The number of hydrogen-bond donors (Lipinski definition) is 1. The molecule has 1 saturated heterocycles. The summed E-state index contributed by atoms with van der Waals surface area (Å²) >= 11 is 0. The standard InChI is InChI=1S/C16H22N2O3/c1-2-15(19)17-14(12-13-6-4-3-5-7-13)16(20)18-8-10-21-11-9-18/h3-7,14H,2,8-12H2,1H3,(H,17,19)/t14-/m0/s1. The van der Waals surface area contributed by atoms with Crippen LogP contribution in [-0.2, 0) is 20.7 Å². The van der Waals surface area contributed by atoms with Gasteiger partial charge in [0.1, 0.15) is 6.04 Å². The Morgan fingerprint density at radius 1 is 1.24 bits per heavy atom. The SMILES string of the molecule is CCC(=O)N[C@@H](Cc1ccccc1)C(=O)N1CCOCC1. The first-order chi connectivity index (χ1) is 10.2. The van der Waals surface area contributed by atoms with Crippen LogP contribution in [0.5, 0.6) is 0 Å². The van der Waals surface area contributed by atoms with E-state index in [-0.39, 0.29) is 11.8 Å². The van der Waals surface area contributed by atoms with Gasteiger partial charge in [-0.15, -0.1) is 0 Å². The summed E-state index contributed by atoms with van der Waals surface area (Å²) in [5.41, 5.74) is 1.04. The molecule has 0 saturated carbocycles. The summed E-state index contributed by atoms with van der Waals surface area (Å²) in [7, 11) is 0. The molecular formula is C16H22N2O3. The van der Waals surface area contributed by atoms with E-state index in [4.69, 9.17) is 4.74 Å². The number of hydrogen-bond acceptors (Lipinski definition) is 3. The molecule has 5 heteroatoms. The van der Waals surface area contributed by atoms with Gasteiger partial charge in [-0.2, -0.15) is 0 Å². The van der Waals surface area contributed by atoms with Gasteiger partial charge in [-0.1, -0.05) is 37.3 Å². The summed E-state index contributed by atoms with van der Waals surface area (Å²) in [6, 6.07) is 9.25. The van der Waals surface area contributed by atoms with Crippen molar-refractivity contribution in [3.8, 4) is 0 Å². The molecule has 2 rings (SSSR count). The summed E-state index contributed by atoms with van der Waals surface area (Å²) < 4.78 is 5.27. The molecule has 5 nitrogen and oxygen atoms in total. The van der Waals surface area contributed by atoms with Gasteiger partial charge in [0, 0.05) is 25.9 Å². The molecule has 0 unspecified atom stereocenters. The van der Waals surface area contributed by atoms with E-state index in [2.05, 4.69) is 5.32 Å². The third-order valence-corrected chi connectivity index (χ3v) is 3.56. The minimum absolute atomic E-state index is 0.0241. The molecule has 1 heterocycles. The van der Waals surface area contributed by atoms with E-state index >= 15 is 0 Å². The Hall–Kier alpha value is -1.88. The summed E-state index contributed by atoms with van der Waals surface area (Å²) in [5.74, 6) is -0.124.